The molecule has 3 heterocycles. The molecule has 4 rings (SSSR count). The van der Waals surface area contributed by atoms with Crippen LogP contribution < -0.4 is 14.8 Å². The van der Waals surface area contributed by atoms with E-state index in [-0.39, 0.29) is 22.7 Å². The van der Waals surface area contributed by atoms with Gasteiger partial charge in [0.15, 0.2) is 11.5 Å². The number of ether oxygens (including phenoxy) is 2. The minimum Gasteiger partial charge on any atom is -0.486 e. The monoisotopic (exact) mass is 451 g/mol. The Labute approximate surface area is 195 Å². The summed E-state index contributed by atoms with van der Waals surface area (Å²) in [5.74, 6) is 3.92. The lowest BCUT2D eigenvalue weighted by Crippen LogP contribution is -2.18. The van der Waals surface area contributed by atoms with Crippen LogP contribution in [0.3, 0.4) is 0 Å². The Morgan fingerprint density at radius 2 is 1.30 bits per heavy atom. The zero-order valence-electron chi connectivity index (χ0n) is 20.5. The number of nitrogens with one attached hydrogen (secondary N) is 1. The van der Waals surface area contributed by atoms with Crippen molar-refractivity contribution in [1.82, 2.24) is 0 Å². The van der Waals surface area contributed by atoms with Crippen molar-refractivity contribution in [2.45, 2.75) is 65.2 Å². The van der Waals surface area contributed by atoms with Crippen LogP contribution in [0.1, 0.15) is 83.0 Å². The average molecular weight is 452 g/mol. The van der Waals surface area contributed by atoms with Crippen LogP contribution in [-0.4, -0.2) is 19.1 Å². The second kappa shape index (κ2) is 8.32. The van der Waals surface area contributed by atoms with Crippen LogP contribution in [0.15, 0.2) is 45.2 Å². The van der Waals surface area contributed by atoms with Gasteiger partial charge in [-0.2, -0.15) is 0 Å². The van der Waals surface area contributed by atoms with Crippen molar-refractivity contribution in [3.63, 3.8) is 0 Å². The van der Waals surface area contributed by atoms with Crippen LogP contribution >= 0.6 is 0 Å². The third kappa shape index (κ3) is 4.80. The second-order valence-electron chi connectivity index (χ2n) is 10.6. The third-order valence-corrected chi connectivity index (χ3v) is 5.64. The van der Waals surface area contributed by atoms with Crippen molar-refractivity contribution in [3.05, 3.63) is 65.0 Å². The molecule has 0 atom stereocenters. The predicted molar refractivity (Wildman–Crippen MR) is 127 cm³/mol. The largest absolute Gasteiger partial charge is 0.486 e. The number of fused-ring (bicyclic) bond motifs is 1. The first-order valence-corrected chi connectivity index (χ1v) is 11.3. The van der Waals surface area contributed by atoms with Gasteiger partial charge in [-0.3, -0.25) is 4.79 Å². The van der Waals surface area contributed by atoms with E-state index < -0.39 is 0 Å². The fraction of sp³-hybridized carbons (Fsp3) is 0.444. The molecule has 1 N–H and O–H groups in total. The van der Waals surface area contributed by atoms with Crippen LogP contribution in [0.25, 0.3) is 0 Å². The number of carbonyl (C=O) groups is 1. The van der Waals surface area contributed by atoms with Gasteiger partial charge in [0, 0.05) is 29.5 Å². The van der Waals surface area contributed by atoms with Gasteiger partial charge in [0.25, 0.3) is 0 Å². The van der Waals surface area contributed by atoms with Gasteiger partial charge in [-0.05, 0) is 35.9 Å². The van der Waals surface area contributed by atoms with E-state index in [9.17, 15) is 4.79 Å². The Kier molecular flexibility index (Phi) is 5.81. The zero-order chi connectivity index (χ0) is 24.0. The number of benzene rings is 1. The average Bonchev–Trinajstić information content (AvgIpc) is 3.38. The highest BCUT2D eigenvalue weighted by atomic mass is 16.6. The summed E-state index contributed by atoms with van der Waals surface area (Å²) in [5.41, 5.74) is 1.17. The van der Waals surface area contributed by atoms with Gasteiger partial charge in [-0.1, -0.05) is 41.5 Å². The van der Waals surface area contributed by atoms with E-state index >= 15 is 0 Å². The molecule has 0 fully saturated rings. The van der Waals surface area contributed by atoms with Crippen molar-refractivity contribution < 1.29 is 23.1 Å². The fourth-order valence-electron chi connectivity index (χ4n) is 3.91. The molecule has 1 amide bonds. The number of hydrogen-bond acceptors (Lipinski definition) is 5. The molecule has 0 bridgehead atoms. The fourth-order valence-corrected chi connectivity index (χ4v) is 3.91. The number of carbonyl (C=O) groups excluding carboxylic acids is 1. The Balaban J connectivity index is 1.92. The molecule has 0 aliphatic carbocycles. The molecule has 2 aromatic heterocycles. The molecule has 0 unspecified atom stereocenters. The summed E-state index contributed by atoms with van der Waals surface area (Å²) >= 11 is 0. The van der Waals surface area contributed by atoms with E-state index in [4.69, 9.17) is 18.3 Å². The van der Waals surface area contributed by atoms with E-state index in [1.54, 1.807) is 0 Å². The summed E-state index contributed by atoms with van der Waals surface area (Å²) in [7, 11) is 0. The summed E-state index contributed by atoms with van der Waals surface area (Å²) in [4.78, 5) is 12.1. The third-order valence-electron chi connectivity index (χ3n) is 5.64. The van der Waals surface area contributed by atoms with E-state index in [2.05, 4.69) is 46.9 Å². The molecular formula is C27H33NO5. The highest BCUT2D eigenvalue weighted by Gasteiger charge is 2.31. The molecule has 0 saturated carbocycles. The maximum Gasteiger partial charge on any atom is 0.221 e. The maximum absolute atomic E-state index is 12.1. The lowest BCUT2D eigenvalue weighted by atomic mass is 9.91. The molecule has 33 heavy (non-hydrogen) atoms. The van der Waals surface area contributed by atoms with Gasteiger partial charge in [-0.15, -0.1) is 0 Å². The number of hydrogen-bond donors (Lipinski definition) is 1. The Morgan fingerprint density at radius 3 is 1.73 bits per heavy atom. The van der Waals surface area contributed by atoms with Crippen molar-refractivity contribution in [3.8, 4) is 11.5 Å². The van der Waals surface area contributed by atoms with Crippen LogP contribution in [0, 0.1) is 0 Å². The lowest BCUT2D eigenvalue weighted by Gasteiger charge is -2.24. The molecule has 1 aliphatic heterocycles. The maximum atomic E-state index is 12.1. The Bertz CT molecular complexity index is 1100. The van der Waals surface area contributed by atoms with E-state index in [1.165, 1.54) is 6.92 Å². The molecule has 6 nitrogen and oxygen atoms in total. The Hall–Kier alpha value is -3.15. The highest BCUT2D eigenvalue weighted by molar-refractivity contribution is 5.90. The van der Waals surface area contributed by atoms with Crippen molar-refractivity contribution >= 4 is 11.6 Å². The minimum absolute atomic E-state index is 0.143. The molecule has 176 valence electrons. The van der Waals surface area contributed by atoms with Crippen LogP contribution in [0.2, 0.25) is 0 Å². The van der Waals surface area contributed by atoms with Gasteiger partial charge < -0.3 is 23.6 Å². The van der Waals surface area contributed by atoms with Gasteiger partial charge in [0.1, 0.15) is 42.2 Å². The molecule has 6 heteroatoms. The van der Waals surface area contributed by atoms with Crippen LogP contribution in [0.5, 0.6) is 11.5 Å². The molecule has 0 saturated heterocycles. The molecule has 1 aromatic carbocycles. The minimum atomic E-state index is -0.380. The first-order valence-electron chi connectivity index (χ1n) is 11.3. The van der Waals surface area contributed by atoms with Crippen LogP contribution in [0.4, 0.5) is 5.69 Å². The molecule has 3 aromatic rings. The van der Waals surface area contributed by atoms with E-state index in [0.29, 0.717) is 30.4 Å². The smallest absolute Gasteiger partial charge is 0.221 e. The lowest BCUT2D eigenvalue weighted by molar-refractivity contribution is -0.114. The Morgan fingerprint density at radius 1 is 0.818 bits per heavy atom. The summed E-state index contributed by atoms with van der Waals surface area (Å²) in [5, 5.41) is 2.96. The van der Waals surface area contributed by atoms with Crippen molar-refractivity contribution in [1.29, 1.82) is 0 Å². The van der Waals surface area contributed by atoms with E-state index in [0.717, 1.165) is 28.6 Å². The summed E-state index contributed by atoms with van der Waals surface area (Å²) in [6.45, 7) is 15.1. The molecular weight excluding hydrogens is 418 g/mol. The predicted octanol–water partition coefficient (Wildman–Crippen LogP) is 6.38. The molecule has 1 aliphatic rings. The molecule has 0 spiro atoms. The number of amides is 1. The first-order chi connectivity index (χ1) is 15.4. The summed E-state index contributed by atoms with van der Waals surface area (Å²) in [6, 6.07) is 11.7. The number of rotatable bonds is 4. The number of furan rings is 2. The van der Waals surface area contributed by atoms with Gasteiger partial charge in [-0.25, -0.2) is 0 Å². The normalized spacial score (nSPS) is 13.9. The van der Waals surface area contributed by atoms with Crippen LogP contribution in [-0.2, 0) is 15.6 Å². The second-order valence-corrected chi connectivity index (χ2v) is 10.6. The van der Waals surface area contributed by atoms with Gasteiger partial charge in [0.05, 0.1) is 0 Å². The van der Waals surface area contributed by atoms with Gasteiger partial charge in [0.2, 0.25) is 5.91 Å². The van der Waals surface area contributed by atoms with E-state index in [1.807, 2.05) is 36.4 Å². The highest BCUT2D eigenvalue weighted by Crippen LogP contribution is 2.45. The standard InChI is InChI=1S/C27H33NO5/c1-16(29)28-18-15-22-21(30-12-13-31-22)14-17(18)25(19-8-10-23(32-19)26(2,3)4)20-9-11-24(33-20)27(5,6)7/h8-11,14-15,25H,12-13H2,1-7H3,(H,28,29). The zero-order valence-corrected chi connectivity index (χ0v) is 20.5. The summed E-state index contributed by atoms with van der Waals surface area (Å²) < 4.78 is 24.4. The SMILES string of the molecule is CC(=O)Nc1cc2c(cc1C(c1ccc(C(C)(C)C)o1)c1ccc(C(C)(C)C)o1)OCCO2. The quantitative estimate of drug-likeness (QED) is 0.498. The molecule has 0 radical (unpaired) electrons. The van der Waals surface area contributed by atoms with Crippen molar-refractivity contribution in [2.75, 3.05) is 18.5 Å². The topological polar surface area (TPSA) is 73.8 Å². The van der Waals surface area contributed by atoms with Gasteiger partial charge >= 0.3 is 0 Å². The van der Waals surface area contributed by atoms with Crippen molar-refractivity contribution in [2.24, 2.45) is 0 Å². The number of anilines is 1. The first kappa shape index (κ1) is 23.0. The summed E-state index contributed by atoms with van der Waals surface area (Å²) in [6.07, 6.45) is 0.